The molecule has 3 aliphatic rings. The predicted molar refractivity (Wildman–Crippen MR) is 73.6 cm³/mol. The van der Waals surface area contributed by atoms with Gasteiger partial charge in [-0.05, 0) is 48.1 Å². The third-order valence-corrected chi connectivity index (χ3v) is 4.59. The van der Waals surface area contributed by atoms with Crippen molar-refractivity contribution in [3.8, 4) is 0 Å². The van der Waals surface area contributed by atoms with Crippen molar-refractivity contribution in [2.45, 2.75) is 25.3 Å². The van der Waals surface area contributed by atoms with Crippen molar-refractivity contribution >= 4 is 29.9 Å². The van der Waals surface area contributed by atoms with E-state index in [2.05, 4.69) is 21.7 Å². The number of carbonyl (C=O) groups excluding carboxylic acids is 3. The molecule has 0 aromatic carbocycles. The quantitative estimate of drug-likeness (QED) is 0.518. The molecule has 2 fully saturated rings. The lowest BCUT2D eigenvalue weighted by molar-refractivity contribution is -0.122. The van der Waals surface area contributed by atoms with Crippen LogP contribution in [0, 0.1) is 12.8 Å². The molecule has 2 heterocycles. The zero-order valence-electron chi connectivity index (χ0n) is 11.4. The summed E-state index contributed by atoms with van der Waals surface area (Å²) in [6, 6.07) is 1.45. The van der Waals surface area contributed by atoms with E-state index in [9.17, 15) is 14.4 Å². The number of aldehydes is 1. The fourth-order valence-corrected chi connectivity index (χ4v) is 3.68. The van der Waals surface area contributed by atoms with Crippen molar-refractivity contribution in [3.63, 3.8) is 0 Å². The largest absolute Gasteiger partial charge is 0.322 e. The number of rotatable bonds is 1. The van der Waals surface area contributed by atoms with Crippen LogP contribution in [0.25, 0.3) is 11.6 Å². The van der Waals surface area contributed by atoms with Crippen LogP contribution in [0.1, 0.15) is 28.9 Å². The first kappa shape index (κ1) is 12.3. The van der Waals surface area contributed by atoms with Gasteiger partial charge in [0.05, 0.1) is 5.35 Å². The van der Waals surface area contributed by atoms with Gasteiger partial charge >= 0.3 is 6.03 Å². The maximum Gasteiger partial charge on any atom is 0.322 e. The summed E-state index contributed by atoms with van der Waals surface area (Å²) in [6.45, 7) is 1.84. The van der Waals surface area contributed by atoms with Crippen LogP contribution in [0.4, 0.5) is 4.79 Å². The van der Waals surface area contributed by atoms with Gasteiger partial charge in [0.25, 0.3) is 5.91 Å². The van der Waals surface area contributed by atoms with Crippen molar-refractivity contribution in [2.75, 3.05) is 0 Å². The molecule has 1 saturated carbocycles. The molecule has 2 atom stereocenters. The molecule has 1 aliphatic heterocycles. The Hall–Kier alpha value is -2.50. The molecule has 106 valence electrons. The standard InChI is InChI=1S/C15H13N3O3/c1-7-2-9-3-8-4-10(12(9)16-11(7)6-19)15(5-8)13(20)17-14(21)18-15/h2-3,6,8H,4-5H2,1H3,(H2,17,18,20,21). The Kier molecular flexibility index (Phi) is 2.21. The Morgan fingerprint density at radius 3 is 2.90 bits per heavy atom. The number of imide groups is 1. The van der Waals surface area contributed by atoms with Crippen molar-refractivity contribution in [3.05, 3.63) is 27.9 Å². The highest BCUT2D eigenvalue weighted by atomic mass is 16.2. The number of aromatic nitrogens is 1. The minimum Gasteiger partial charge on any atom is -0.320 e. The summed E-state index contributed by atoms with van der Waals surface area (Å²) in [5.74, 6) is -0.110. The van der Waals surface area contributed by atoms with Gasteiger partial charge in [0.15, 0.2) is 6.29 Å². The average Bonchev–Trinajstić information content (AvgIpc) is 2.88. The van der Waals surface area contributed by atoms with Gasteiger partial charge in [0.2, 0.25) is 0 Å². The van der Waals surface area contributed by atoms with Crippen molar-refractivity contribution in [1.29, 1.82) is 0 Å². The van der Waals surface area contributed by atoms with Crippen LogP contribution in [0.2, 0.25) is 0 Å². The van der Waals surface area contributed by atoms with Crippen molar-refractivity contribution < 1.29 is 14.4 Å². The van der Waals surface area contributed by atoms with Gasteiger partial charge in [0, 0.05) is 0 Å². The van der Waals surface area contributed by atoms with E-state index in [4.69, 9.17) is 0 Å². The van der Waals surface area contributed by atoms with Crippen molar-refractivity contribution in [1.82, 2.24) is 15.6 Å². The fourth-order valence-electron chi connectivity index (χ4n) is 3.68. The summed E-state index contributed by atoms with van der Waals surface area (Å²) < 4.78 is 0. The lowest BCUT2D eigenvalue weighted by atomic mass is 9.92. The van der Waals surface area contributed by atoms with Crippen molar-refractivity contribution in [2.24, 2.45) is 5.92 Å². The van der Waals surface area contributed by atoms with Gasteiger partial charge in [-0.25, -0.2) is 9.78 Å². The molecule has 2 bridgehead atoms. The summed E-state index contributed by atoms with van der Waals surface area (Å²) in [4.78, 5) is 39.3. The SMILES string of the molecule is Cc1cc2c(nc1C=O)=C1CC(C=2)CC12NC(=O)NC2=O. The van der Waals surface area contributed by atoms with Gasteiger partial charge in [-0.2, -0.15) is 0 Å². The maximum absolute atomic E-state index is 12.3. The highest BCUT2D eigenvalue weighted by molar-refractivity contribution is 6.13. The first-order valence-corrected chi connectivity index (χ1v) is 6.85. The van der Waals surface area contributed by atoms with Gasteiger partial charge in [-0.3, -0.25) is 14.9 Å². The Balaban J connectivity index is 2.07. The lowest BCUT2D eigenvalue weighted by Crippen LogP contribution is -2.49. The molecular formula is C15H13N3O3. The molecule has 6 nitrogen and oxygen atoms in total. The minimum absolute atomic E-state index is 0.208. The number of pyridine rings is 1. The first-order chi connectivity index (χ1) is 10.0. The van der Waals surface area contributed by atoms with Crippen LogP contribution >= 0.6 is 0 Å². The van der Waals surface area contributed by atoms with E-state index in [1.165, 1.54) is 0 Å². The smallest absolute Gasteiger partial charge is 0.320 e. The molecule has 2 unspecified atom stereocenters. The van der Waals surface area contributed by atoms with Crippen LogP contribution < -0.4 is 21.2 Å². The van der Waals surface area contributed by atoms with Gasteiger partial charge in [-0.1, -0.05) is 6.08 Å². The molecule has 6 heteroatoms. The molecule has 1 spiro atoms. The van der Waals surface area contributed by atoms with E-state index >= 15 is 0 Å². The van der Waals surface area contributed by atoms with Gasteiger partial charge < -0.3 is 5.32 Å². The maximum atomic E-state index is 12.3. The summed E-state index contributed by atoms with van der Waals surface area (Å²) in [5, 5.41) is 6.67. The van der Waals surface area contributed by atoms with Gasteiger partial charge in [-0.15, -0.1) is 0 Å². The molecule has 21 heavy (non-hydrogen) atoms. The van der Waals surface area contributed by atoms with E-state index in [0.717, 1.165) is 22.6 Å². The second-order valence-electron chi connectivity index (χ2n) is 5.87. The Labute approximate surface area is 119 Å². The predicted octanol–water partition coefficient (Wildman–Crippen LogP) is -0.864. The first-order valence-electron chi connectivity index (χ1n) is 6.85. The summed E-state index contributed by atoms with van der Waals surface area (Å²) in [5.41, 5.74) is 1.01. The summed E-state index contributed by atoms with van der Waals surface area (Å²) in [7, 11) is 0. The highest BCUT2D eigenvalue weighted by Crippen LogP contribution is 2.43. The molecule has 1 aromatic rings. The molecule has 0 radical (unpaired) electrons. The van der Waals surface area contributed by atoms with Crippen LogP contribution in [-0.2, 0) is 4.79 Å². The number of hydrogen-bond acceptors (Lipinski definition) is 4. The lowest BCUT2D eigenvalue weighted by Gasteiger charge is -2.21. The highest BCUT2D eigenvalue weighted by Gasteiger charge is 2.55. The van der Waals surface area contributed by atoms with Crippen LogP contribution in [0.15, 0.2) is 6.07 Å². The Morgan fingerprint density at radius 2 is 2.24 bits per heavy atom. The topological polar surface area (TPSA) is 88.2 Å². The van der Waals surface area contributed by atoms with E-state index < -0.39 is 11.6 Å². The number of carbonyl (C=O) groups is 3. The number of urea groups is 1. The van der Waals surface area contributed by atoms with E-state index in [0.29, 0.717) is 23.9 Å². The van der Waals surface area contributed by atoms with Crippen LogP contribution in [0.5, 0.6) is 0 Å². The number of fused-ring (bicyclic) bond motifs is 4. The Bertz CT molecular complexity index is 842. The zero-order valence-corrected chi connectivity index (χ0v) is 11.4. The summed E-state index contributed by atoms with van der Waals surface area (Å²) >= 11 is 0. The zero-order chi connectivity index (χ0) is 14.8. The number of nitrogens with one attached hydrogen (secondary N) is 2. The van der Waals surface area contributed by atoms with E-state index in [-0.39, 0.29) is 11.8 Å². The minimum atomic E-state index is -0.994. The van der Waals surface area contributed by atoms with Crippen LogP contribution in [-0.4, -0.2) is 28.7 Å². The fraction of sp³-hybridized carbons (Fsp3) is 0.333. The normalized spacial score (nSPS) is 29.0. The second-order valence-corrected chi connectivity index (χ2v) is 5.87. The number of nitrogens with zero attached hydrogens (tertiary/aromatic N) is 1. The summed E-state index contributed by atoms with van der Waals surface area (Å²) in [6.07, 6.45) is 4.04. The molecule has 3 amide bonds. The number of aryl methyl sites for hydroxylation is 1. The molecule has 4 rings (SSSR count). The second kappa shape index (κ2) is 3.78. The van der Waals surface area contributed by atoms with E-state index in [1.807, 2.05) is 13.0 Å². The average molecular weight is 283 g/mol. The number of amides is 3. The van der Waals surface area contributed by atoms with Crippen LogP contribution in [0.3, 0.4) is 0 Å². The molecular weight excluding hydrogens is 270 g/mol. The third-order valence-electron chi connectivity index (χ3n) is 4.59. The monoisotopic (exact) mass is 283 g/mol. The molecule has 2 N–H and O–H groups in total. The van der Waals surface area contributed by atoms with Gasteiger partial charge in [0.1, 0.15) is 11.2 Å². The van der Waals surface area contributed by atoms with E-state index in [1.54, 1.807) is 0 Å². The number of hydrogen-bond donors (Lipinski definition) is 2. The third kappa shape index (κ3) is 1.47. The molecule has 1 aromatic heterocycles. The molecule has 2 aliphatic carbocycles. The Morgan fingerprint density at radius 1 is 1.43 bits per heavy atom. The molecule has 1 saturated heterocycles.